The first-order chi connectivity index (χ1) is 21.0. The van der Waals surface area contributed by atoms with Gasteiger partial charge in [-0.25, -0.2) is 4.79 Å². The first-order valence-corrected chi connectivity index (χ1v) is 15.2. The molecule has 3 fully saturated rings. The number of fused-ring (bicyclic) bond motifs is 3. The molecule has 12 nitrogen and oxygen atoms in total. The number of nitrogens with zero attached hydrogens (tertiary/aromatic N) is 5. The molecule has 0 radical (unpaired) electrons. The monoisotopic (exact) mass is 601 g/mol. The van der Waals surface area contributed by atoms with Gasteiger partial charge in [0, 0.05) is 43.6 Å². The second-order valence-electron chi connectivity index (χ2n) is 13.2. The van der Waals surface area contributed by atoms with Gasteiger partial charge in [-0.05, 0) is 83.2 Å². The molecule has 3 saturated heterocycles. The predicted octanol–water partition coefficient (Wildman–Crippen LogP) is 4.42. The van der Waals surface area contributed by atoms with E-state index in [1.54, 1.807) is 21.8 Å². The number of aromatic nitrogens is 3. The number of anilines is 2. The van der Waals surface area contributed by atoms with Crippen LogP contribution in [0, 0.1) is 18.3 Å². The van der Waals surface area contributed by atoms with E-state index in [1.165, 1.54) is 0 Å². The van der Waals surface area contributed by atoms with Crippen molar-refractivity contribution in [3.8, 4) is 6.07 Å². The van der Waals surface area contributed by atoms with Gasteiger partial charge in [-0.2, -0.15) is 10.4 Å². The zero-order chi connectivity index (χ0) is 31.2. The molecule has 232 valence electrons. The molecule has 2 atom stereocenters. The molecule has 2 bridgehead atoms. The van der Waals surface area contributed by atoms with Crippen LogP contribution in [0.25, 0.3) is 10.9 Å². The van der Waals surface area contributed by atoms with Crippen LogP contribution in [0.1, 0.15) is 68.8 Å². The van der Waals surface area contributed by atoms with Crippen molar-refractivity contribution in [2.45, 2.75) is 83.1 Å². The van der Waals surface area contributed by atoms with Gasteiger partial charge in [0.2, 0.25) is 0 Å². The first-order valence-electron chi connectivity index (χ1n) is 15.2. The predicted molar refractivity (Wildman–Crippen MR) is 164 cm³/mol. The van der Waals surface area contributed by atoms with Crippen LogP contribution in [-0.2, 0) is 15.0 Å². The Bertz CT molecular complexity index is 1680. The number of rotatable bonds is 5. The second kappa shape index (κ2) is 11.3. The molecule has 0 aliphatic carbocycles. The van der Waals surface area contributed by atoms with Crippen molar-refractivity contribution in [2.24, 2.45) is 0 Å². The van der Waals surface area contributed by atoms with Crippen molar-refractivity contribution in [1.82, 2.24) is 24.6 Å². The highest BCUT2D eigenvalue weighted by Crippen LogP contribution is 2.38. The number of carbonyl (C=O) groups is 2. The maximum Gasteiger partial charge on any atom is 0.410 e. The number of nitriles is 1. The Balaban J connectivity index is 1.27. The highest BCUT2D eigenvalue weighted by Gasteiger charge is 2.41. The van der Waals surface area contributed by atoms with Crippen LogP contribution >= 0.6 is 0 Å². The summed E-state index contributed by atoms with van der Waals surface area (Å²) < 4.78 is 13.2. The molecule has 2 aromatic heterocycles. The van der Waals surface area contributed by atoms with Crippen molar-refractivity contribution in [3.63, 3.8) is 0 Å². The lowest BCUT2D eigenvalue weighted by atomic mass is 9.85. The third-order valence-corrected chi connectivity index (χ3v) is 8.86. The molecular formula is C32H39N7O5. The normalized spacial score (nSPS) is 21.2. The molecule has 2 amide bonds. The average molecular weight is 602 g/mol. The molecule has 0 spiro atoms. The molecular weight excluding hydrogens is 562 g/mol. The summed E-state index contributed by atoms with van der Waals surface area (Å²) in [7, 11) is 0. The van der Waals surface area contributed by atoms with E-state index in [2.05, 4.69) is 16.4 Å². The molecule has 44 heavy (non-hydrogen) atoms. The zero-order valence-corrected chi connectivity index (χ0v) is 25.7. The van der Waals surface area contributed by atoms with Crippen LogP contribution in [-0.4, -0.2) is 80.6 Å². The number of likely N-dealkylation sites (tertiary alicyclic amines) is 2. The van der Waals surface area contributed by atoms with Gasteiger partial charge in [-0.3, -0.25) is 14.3 Å². The SMILES string of the molecule is Cc1cc(Nc2nn(C3(CC#N)CCN(C(=O)OC(C)(C)C)CC3)c3cc[nH]c(=O)c23)ccc1C(=O)N1CC2CCC(C1)O2. The Morgan fingerprint density at radius 3 is 2.50 bits per heavy atom. The summed E-state index contributed by atoms with van der Waals surface area (Å²) in [6.07, 6.45) is 4.53. The lowest BCUT2D eigenvalue weighted by Crippen LogP contribution is -2.49. The fourth-order valence-electron chi connectivity index (χ4n) is 6.64. The van der Waals surface area contributed by atoms with Gasteiger partial charge in [0.05, 0.1) is 35.8 Å². The van der Waals surface area contributed by atoms with Crippen LogP contribution < -0.4 is 10.9 Å². The maximum atomic E-state index is 13.4. The van der Waals surface area contributed by atoms with Crippen LogP contribution in [0.2, 0.25) is 0 Å². The summed E-state index contributed by atoms with van der Waals surface area (Å²) in [6.45, 7) is 9.40. The minimum atomic E-state index is -0.719. The van der Waals surface area contributed by atoms with Crippen LogP contribution in [0.4, 0.5) is 16.3 Å². The third-order valence-electron chi connectivity index (χ3n) is 8.86. The number of nitrogens with one attached hydrogen (secondary N) is 2. The van der Waals surface area contributed by atoms with E-state index in [0.29, 0.717) is 67.0 Å². The maximum absolute atomic E-state index is 13.4. The average Bonchev–Trinajstić information content (AvgIpc) is 3.52. The fourth-order valence-corrected chi connectivity index (χ4v) is 6.64. The standard InChI is InChI=1S/C32H39N7O5/c1-20-17-21(5-8-24(20)29(41)38-18-22-6-7-23(19-38)43-22)35-27-26-25(9-14-34-28(26)40)39(36-27)32(10-13-33)11-15-37(16-12-32)30(42)44-31(2,3)4/h5,8-9,14,17,22-23H,6-7,10-12,15-16,18-19H2,1-4H3,(H,34,40)(H,35,36). The number of aromatic amines is 1. The van der Waals surface area contributed by atoms with Gasteiger partial charge in [0.1, 0.15) is 11.0 Å². The molecule has 6 rings (SSSR count). The minimum absolute atomic E-state index is 0.00316. The van der Waals surface area contributed by atoms with E-state index in [1.807, 2.05) is 50.8 Å². The Morgan fingerprint density at radius 1 is 1.16 bits per heavy atom. The number of hydrogen-bond acceptors (Lipinski definition) is 8. The highest BCUT2D eigenvalue weighted by atomic mass is 16.6. The van der Waals surface area contributed by atoms with E-state index in [0.717, 1.165) is 18.4 Å². The van der Waals surface area contributed by atoms with Crippen LogP contribution in [0.15, 0.2) is 35.3 Å². The summed E-state index contributed by atoms with van der Waals surface area (Å²) >= 11 is 0. The van der Waals surface area contributed by atoms with Gasteiger partial charge in [0.25, 0.3) is 11.5 Å². The summed E-state index contributed by atoms with van der Waals surface area (Å²) in [6, 6.07) is 9.62. The quantitative estimate of drug-likeness (QED) is 0.437. The molecule has 3 aromatic rings. The molecule has 3 aliphatic rings. The fraction of sp³-hybridized carbons (Fsp3) is 0.531. The third kappa shape index (κ3) is 5.64. The summed E-state index contributed by atoms with van der Waals surface area (Å²) in [5, 5.41) is 18.4. The molecule has 5 heterocycles. The molecule has 0 saturated carbocycles. The molecule has 2 unspecified atom stereocenters. The number of ether oxygens (including phenoxy) is 2. The number of benzene rings is 1. The van der Waals surface area contributed by atoms with Gasteiger partial charge in [-0.1, -0.05) is 0 Å². The number of carbonyl (C=O) groups excluding carboxylic acids is 2. The molecule has 1 aromatic carbocycles. The number of piperidine rings is 1. The van der Waals surface area contributed by atoms with Gasteiger partial charge in [0.15, 0.2) is 5.82 Å². The summed E-state index contributed by atoms with van der Waals surface area (Å²) in [5.41, 5.74) is 1.10. The summed E-state index contributed by atoms with van der Waals surface area (Å²) in [4.78, 5) is 45.5. The largest absolute Gasteiger partial charge is 0.444 e. The summed E-state index contributed by atoms with van der Waals surface area (Å²) in [5.74, 6) is 0.355. The number of amides is 2. The topological polar surface area (TPSA) is 146 Å². The van der Waals surface area contributed by atoms with Crippen molar-refractivity contribution in [2.75, 3.05) is 31.5 Å². The van der Waals surface area contributed by atoms with Gasteiger partial charge >= 0.3 is 6.09 Å². The Kier molecular flexibility index (Phi) is 7.61. The number of aryl methyl sites for hydroxylation is 1. The smallest absolute Gasteiger partial charge is 0.410 e. The first kappa shape index (κ1) is 29.7. The number of morpholine rings is 1. The minimum Gasteiger partial charge on any atom is -0.444 e. The van der Waals surface area contributed by atoms with Crippen molar-refractivity contribution < 1.29 is 19.1 Å². The van der Waals surface area contributed by atoms with E-state index >= 15 is 0 Å². The van der Waals surface area contributed by atoms with Crippen LogP contribution in [0.3, 0.4) is 0 Å². The Hall–Kier alpha value is -4.37. The van der Waals surface area contributed by atoms with E-state index in [9.17, 15) is 19.6 Å². The van der Waals surface area contributed by atoms with Gasteiger partial charge < -0.3 is 29.6 Å². The number of H-pyrrole nitrogens is 1. The van der Waals surface area contributed by atoms with Crippen molar-refractivity contribution in [3.05, 3.63) is 51.9 Å². The van der Waals surface area contributed by atoms with Crippen LogP contribution in [0.5, 0.6) is 0 Å². The molecule has 12 heteroatoms. The zero-order valence-electron chi connectivity index (χ0n) is 25.7. The lowest BCUT2D eigenvalue weighted by molar-refractivity contribution is -0.0303. The Morgan fingerprint density at radius 2 is 1.86 bits per heavy atom. The Labute approximate surface area is 255 Å². The number of hydrogen-bond donors (Lipinski definition) is 2. The lowest BCUT2D eigenvalue weighted by Gasteiger charge is -2.41. The number of pyridine rings is 1. The van der Waals surface area contributed by atoms with Crippen molar-refractivity contribution in [1.29, 1.82) is 5.26 Å². The molecule has 3 aliphatic heterocycles. The van der Waals surface area contributed by atoms with E-state index in [4.69, 9.17) is 14.6 Å². The van der Waals surface area contributed by atoms with E-state index < -0.39 is 11.1 Å². The van der Waals surface area contributed by atoms with Crippen molar-refractivity contribution >= 4 is 34.4 Å². The molecule has 2 N–H and O–H groups in total. The van der Waals surface area contributed by atoms with E-state index in [-0.39, 0.29) is 36.2 Å². The second-order valence-corrected chi connectivity index (χ2v) is 13.2. The van der Waals surface area contributed by atoms with Gasteiger partial charge in [-0.15, -0.1) is 0 Å². The highest BCUT2D eigenvalue weighted by molar-refractivity contribution is 5.97.